The highest BCUT2D eigenvalue weighted by Gasteiger charge is 2.12. The Labute approximate surface area is 206 Å². The van der Waals surface area contributed by atoms with Gasteiger partial charge in [-0.15, -0.1) is 15.0 Å². The zero-order chi connectivity index (χ0) is 23.7. The van der Waals surface area contributed by atoms with Crippen LogP contribution < -0.4 is 10.6 Å². The number of rotatable bonds is 4. The Balaban J connectivity index is 1.35. The predicted molar refractivity (Wildman–Crippen MR) is 141 cm³/mol. The van der Waals surface area contributed by atoms with Gasteiger partial charge >= 0.3 is 0 Å². The molecule has 8 heteroatoms. The van der Waals surface area contributed by atoms with Crippen LogP contribution in [-0.2, 0) is 11.2 Å². The summed E-state index contributed by atoms with van der Waals surface area (Å²) in [6.07, 6.45) is 0.205. The van der Waals surface area contributed by atoms with E-state index in [1.54, 1.807) is 16.9 Å². The van der Waals surface area contributed by atoms with E-state index in [2.05, 4.69) is 33.9 Å². The molecule has 0 aliphatic rings. The van der Waals surface area contributed by atoms with Crippen LogP contribution in [0.25, 0.3) is 27.5 Å². The van der Waals surface area contributed by atoms with E-state index >= 15 is 0 Å². The Bertz CT molecular complexity index is 1540. The molecular weight excluding hydrogens is 466 g/mol. The average molecular weight is 486 g/mol. The molecule has 6 nitrogen and oxygen atoms in total. The summed E-state index contributed by atoms with van der Waals surface area (Å²) in [6.45, 7) is 1.96. The monoisotopic (exact) mass is 485 g/mol. The standard InChI is InChI=1S/C26H20ClN5OS/c1-16-13-22-23(31-32(30-22)24-8-4-6-18-5-2-3-7-20(18)24)15-21(16)28-26(34)29-25(33)14-17-9-11-19(27)12-10-17/h2-13,15H,14H2,1H3,(H2,28,29,33,34). The summed E-state index contributed by atoms with van der Waals surface area (Å²) in [7, 11) is 0. The van der Waals surface area contributed by atoms with Gasteiger partial charge in [0.25, 0.3) is 0 Å². The second-order valence-electron chi connectivity index (χ2n) is 7.95. The number of anilines is 1. The van der Waals surface area contributed by atoms with Gasteiger partial charge in [-0.3, -0.25) is 4.79 Å². The predicted octanol–water partition coefficient (Wildman–Crippen LogP) is 5.59. The van der Waals surface area contributed by atoms with Crippen molar-refractivity contribution >= 4 is 62.3 Å². The van der Waals surface area contributed by atoms with E-state index in [4.69, 9.17) is 28.9 Å². The second-order valence-corrected chi connectivity index (χ2v) is 8.79. The lowest BCUT2D eigenvalue weighted by Crippen LogP contribution is -2.35. The molecule has 5 aromatic rings. The van der Waals surface area contributed by atoms with Crippen LogP contribution in [0.2, 0.25) is 5.02 Å². The molecule has 0 aliphatic heterocycles. The van der Waals surface area contributed by atoms with Crippen LogP contribution in [0.1, 0.15) is 11.1 Å². The highest BCUT2D eigenvalue weighted by Crippen LogP contribution is 2.25. The van der Waals surface area contributed by atoms with Crippen molar-refractivity contribution in [1.82, 2.24) is 20.3 Å². The van der Waals surface area contributed by atoms with Crippen molar-refractivity contribution in [3.05, 3.63) is 95.0 Å². The first-order valence-electron chi connectivity index (χ1n) is 10.7. The molecule has 0 saturated heterocycles. The molecule has 0 spiro atoms. The number of aryl methyl sites for hydroxylation is 1. The zero-order valence-corrected chi connectivity index (χ0v) is 19.8. The number of aromatic nitrogens is 3. The van der Waals surface area contributed by atoms with E-state index < -0.39 is 0 Å². The van der Waals surface area contributed by atoms with Crippen molar-refractivity contribution in [2.24, 2.45) is 0 Å². The van der Waals surface area contributed by atoms with Gasteiger partial charge in [0.2, 0.25) is 5.91 Å². The smallest absolute Gasteiger partial charge is 0.230 e. The maximum atomic E-state index is 12.4. The van der Waals surface area contributed by atoms with Crippen LogP contribution in [0.4, 0.5) is 5.69 Å². The minimum absolute atomic E-state index is 0.205. The van der Waals surface area contributed by atoms with Gasteiger partial charge in [-0.1, -0.05) is 60.1 Å². The fraction of sp³-hybridized carbons (Fsp3) is 0.0769. The SMILES string of the molecule is Cc1cc2nn(-c3cccc4ccccc34)nc2cc1NC(=S)NC(=O)Cc1ccc(Cl)cc1. The molecule has 0 atom stereocenters. The van der Waals surface area contributed by atoms with E-state index in [9.17, 15) is 4.79 Å². The number of nitrogens with one attached hydrogen (secondary N) is 2. The van der Waals surface area contributed by atoms with E-state index in [1.807, 2.05) is 55.5 Å². The van der Waals surface area contributed by atoms with Gasteiger partial charge in [0.1, 0.15) is 11.0 Å². The summed E-state index contributed by atoms with van der Waals surface area (Å²) in [5.41, 5.74) is 4.95. The van der Waals surface area contributed by atoms with Gasteiger partial charge in [-0.2, -0.15) is 0 Å². The minimum Gasteiger partial charge on any atom is -0.332 e. The molecule has 1 heterocycles. The summed E-state index contributed by atoms with van der Waals surface area (Å²) in [4.78, 5) is 14.0. The maximum absolute atomic E-state index is 12.4. The second kappa shape index (κ2) is 9.21. The number of carbonyl (C=O) groups excluding carboxylic acids is 1. The fourth-order valence-electron chi connectivity index (χ4n) is 3.81. The van der Waals surface area contributed by atoms with E-state index in [1.165, 1.54) is 0 Å². The molecule has 0 bridgehead atoms. The van der Waals surface area contributed by atoms with E-state index in [0.717, 1.165) is 44.3 Å². The third kappa shape index (κ3) is 4.62. The van der Waals surface area contributed by atoms with E-state index in [-0.39, 0.29) is 17.4 Å². The lowest BCUT2D eigenvalue weighted by molar-refractivity contribution is -0.119. The lowest BCUT2D eigenvalue weighted by atomic mass is 10.1. The molecule has 0 aliphatic carbocycles. The molecule has 0 saturated carbocycles. The first-order chi connectivity index (χ1) is 16.5. The average Bonchev–Trinajstić information content (AvgIpc) is 3.22. The number of benzene rings is 4. The van der Waals surface area contributed by atoms with Gasteiger partial charge in [0.05, 0.1) is 12.1 Å². The molecule has 0 radical (unpaired) electrons. The number of halogens is 1. The summed E-state index contributed by atoms with van der Waals surface area (Å²) >= 11 is 11.3. The number of nitrogens with zero attached hydrogens (tertiary/aromatic N) is 3. The van der Waals surface area contributed by atoms with Crippen molar-refractivity contribution in [2.45, 2.75) is 13.3 Å². The van der Waals surface area contributed by atoms with Crippen LogP contribution in [0.3, 0.4) is 0 Å². The van der Waals surface area contributed by atoms with Crippen LogP contribution in [-0.4, -0.2) is 26.0 Å². The van der Waals surface area contributed by atoms with Crippen molar-refractivity contribution in [3.8, 4) is 5.69 Å². The number of amides is 1. The largest absolute Gasteiger partial charge is 0.332 e. The summed E-state index contributed by atoms with van der Waals surface area (Å²) < 4.78 is 0. The Kier molecular flexibility index (Phi) is 5.96. The molecule has 1 amide bonds. The topological polar surface area (TPSA) is 71.8 Å². The number of fused-ring (bicyclic) bond motifs is 2. The third-order valence-electron chi connectivity index (χ3n) is 5.49. The maximum Gasteiger partial charge on any atom is 0.230 e. The summed E-state index contributed by atoms with van der Waals surface area (Å²) in [5.74, 6) is -0.208. The molecule has 0 fully saturated rings. The number of hydrogen-bond donors (Lipinski definition) is 2. The van der Waals surface area contributed by atoms with Crippen LogP contribution in [0.15, 0.2) is 78.9 Å². The van der Waals surface area contributed by atoms with Crippen molar-refractivity contribution in [1.29, 1.82) is 0 Å². The number of hydrogen-bond acceptors (Lipinski definition) is 4. The van der Waals surface area contributed by atoms with Crippen molar-refractivity contribution < 1.29 is 4.79 Å². The van der Waals surface area contributed by atoms with Gasteiger partial charge in [-0.05, 0) is 66.0 Å². The van der Waals surface area contributed by atoms with Crippen LogP contribution in [0, 0.1) is 6.92 Å². The van der Waals surface area contributed by atoms with Crippen molar-refractivity contribution in [3.63, 3.8) is 0 Å². The molecular formula is C26H20ClN5OS. The molecule has 5 rings (SSSR count). The van der Waals surface area contributed by atoms with Crippen molar-refractivity contribution in [2.75, 3.05) is 5.32 Å². The number of carbonyl (C=O) groups is 1. The zero-order valence-electron chi connectivity index (χ0n) is 18.2. The van der Waals surface area contributed by atoms with Crippen LogP contribution >= 0.6 is 23.8 Å². The van der Waals surface area contributed by atoms with E-state index in [0.29, 0.717) is 5.02 Å². The Morgan fingerprint density at radius 3 is 2.47 bits per heavy atom. The van der Waals surface area contributed by atoms with Gasteiger partial charge in [0.15, 0.2) is 5.11 Å². The molecule has 4 aromatic carbocycles. The molecule has 34 heavy (non-hydrogen) atoms. The Morgan fingerprint density at radius 1 is 0.971 bits per heavy atom. The molecule has 2 N–H and O–H groups in total. The molecule has 0 unspecified atom stereocenters. The normalized spacial score (nSPS) is 11.0. The molecule has 168 valence electrons. The quantitative estimate of drug-likeness (QED) is 0.325. The first-order valence-corrected chi connectivity index (χ1v) is 11.5. The Morgan fingerprint density at radius 2 is 1.68 bits per heavy atom. The first kappa shape index (κ1) is 22.0. The highest BCUT2D eigenvalue weighted by atomic mass is 35.5. The van der Waals surface area contributed by atoms with Gasteiger partial charge in [0, 0.05) is 16.1 Å². The third-order valence-corrected chi connectivity index (χ3v) is 5.94. The fourth-order valence-corrected chi connectivity index (χ4v) is 4.15. The summed E-state index contributed by atoms with van der Waals surface area (Å²) in [5, 5.41) is 18.3. The van der Waals surface area contributed by atoms with Gasteiger partial charge in [-0.25, -0.2) is 0 Å². The highest BCUT2D eigenvalue weighted by molar-refractivity contribution is 7.80. The van der Waals surface area contributed by atoms with Crippen LogP contribution in [0.5, 0.6) is 0 Å². The molecule has 1 aromatic heterocycles. The Hall–Kier alpha value is -3.81. The number of thiocarbonyl (C=S) groups is 1. The summed E-state index contributed by atoms with van der Waals surface area (Å²) in [6, 6.07) is 25.2. The van der Waals surface area contributed by atoms with Gasteiger partial charge < -0.3 is 10.6 Å². The minimum atomic E-state index is -0.208. The lowest BCUT2D eigenvalue weighted by Gasteiger charge is -2.11.